The van der Waals surface area contributed by atoms with Gasteiger partial charge >= 0.3 is 0 Å². The first-order valence-corrected chi connectivity index (χ1v) is 8.22. The van der Waals surface area contributed by atoms with Crippen molar-refractivity contribution in [2.75, 3.05) is 0 Å². The van der Waals surface area contributed by atoms with Crippen molar-refractivity contribution >= 4 is 17.7 Å². The second kappa shape index (κ2) is 6.14. The van der Waals surface area contributed by atoms with E-state index in [4.69, 9.17) is 0 Å². The van der Waals surface area contributed by atoms with Gasteiger partial charge < -0.3 is 4.90 Å². The summed E-state index contributed by atoms with van der Waals surface area (Å²) in [6, 6.07) is 7.81. The molecule has 0 bridgehead atoms. The van der Waals surface area contributed by atoms with Gasteiger partial charge in [0.15, 0.2) is 0 Å². The molecule has 122 valence electrons. The van der Waals surface area contributed by atoms with Crippen molar-refractivity contribution in [3.63, 3.8) is 0 Å². The summed E-state index contributed by atoms with van der Waals surface area (Å²) in [6.07, 6.45) is 2.78. The Hall–Kier alpha value is -2.17. The third-order valence-electron chi connectivity index (χ3n) is 4.43. The van der Waals surface area contributed by atoms with E-state index >= 15 is 0 Å². The number of likely N-dealkylation sites (tertiary alicyclic amines) is 1. The zero-order chi connectivity index (χ0) is 16.6. The topological polar surface area (TPSA) is 57.7 Å². The molecule has 0 unspecified atom stereocenters. The summed E-state index contributed by atoms with van der Waals surface area (Å²) in [5.41, 5.74) is 1.53. The first kappa shape index (κ1) is 15.7. The van der Waals surface area contributed by atoms with Crippen LogP contribution >= 0.6 is 0 Å². The summed E-state index contributed by atoms with van der Waals surface area (Å²) in [7, 11) is 0. The molecular formula is C18H22N2O3. The van der Waals surface area contributed by atoms with Crippen LogP contribution in [-0.2, 0) is 16.1 Å². The molecule has 2 fully saturated rings. The number of hydrogen-bond donors (Lipinski definition) is 0. The molecule has 0 spiro atoms. The number of benzene rings is 1. The van der Waals surface area contributed by atoms with Crippen LogP contribution in [0.4, 0.5) is 0 Å². The van der Waals surface area contributed by atoms with Gasteiger partial charge in [0, 0.05) is 30.5 Å². The molecular weight excluding hydrogens is 292 g/mol. The van der Waals surface area contributed by atoms with Crippen LogP contribution < -0.4 is 0 Å². The Morgan fingerprint density at radius 3 is 2.17 bits per heavy atom. The van der Waals surface area contributed by atoms with E-state index in [1.54, 1.807) is 12.1 Å². The van der Waals surface area contributed by atoms with Gasteiger partial charge in [0.25, 0.3) is 5.91 Å². The predicted octanol–water partition coefficient (Wildman–Crippen LogP) is 2.35. The molecule has 5 heteroatoms. The van der Waals surface area contributed by atoms with Crippen molar-refractivity contribution in [1.29, 1.82) is 0 Å². The van der Waals surface area contributed by atoms with Gasteiger partial charge in [0.05, 0.1) is 6.54 Å². The van der Waals surface area contributed by atoms with Crippen molar-refractivity contribution in [3.05, 3.63) is 35.4 Å². The third-order valence-corrected chi connectivity index (χ3v) is 4.43. The fraction of sp³-hybridized carbons (Fsp3) is 0.500. The molecule has 0 N–H and O–H groups in total. The maximum absolute atomic E-state index is 12.6. The van der Waals surface area contributed by atoms with E-state index < -0.39 is 0 Å². The van der Waals surface area contributed by atoms with E-state index in [1.807, 2.05) is 30.9 Å². The molecule has 2 aliphatic rings. The molecule has 23 heavy (non-hydrogen) atoms. The summed E-state index contributed by atoms with van der Waals surface area (Å²) in [5.74, 6) is -0.174. The number of carbonyl (C=O) groups is 3. The highest BCUT2D eigenvalue weighted by Crippen LogP contribution is 2.30. The molecule has 1 heterocycles. The number of amides is 3. The summed E-state index contributed by atoms with van der Waals surface area (Å²) in [4.78, 5) is 39.2. The Morgan fingerprint density at radius 2 is 1.70 bits per heavy atom. The average molecular weight is 314 g/mol. The Balaban J connectivity index is 1.70. The molecule has 5 nitrogen and oxygen atoms in total. The van der Waals surface area contributed by atoms with Crippen LogP contribution in [0.5, 0.6) is 0 Å². The first-order chi connectivity index (χ1) is 11.0. The van der Waals surface area contributed by atoms with Gasteiger partial charge in [0.1, 0.15) is 0 Å². The molecule has 1 saturated heterocycles. The Morgan fingerprint density at radius 1 is 1.13 bits per heavy atom. The van der Waals surface area contributed by atoms with E-state index in [0.29, 0.717) is 31.0 Å². The second-order valence-electron chi connectivity index (χ2n) is 6.61. The highest BCUT2D eigenvalue weighted by atomic mass is 16.2. The van der Waals surface area contributed by atoms with Crippen molar-refractivity contribution in [2.45, 2.75) is 58.2 Å². The Labute approximate surface area is 136 Å². The molecule has 1 aliphatic carbocycles. The van der Waals surface area contributed by atoms with Crippen LogP contribution in [0.25, 0.3) is 0 Å². The Kier molecular flexibility index (Phi) is 4.20. The molecule has 1 aromatic carbocycles. The van der Waals surface area contributed by atoms with Gasteiger partial charge in [-0.05, 0) is 44.4 Å². The molecule has 1 aliphatic heterocycles. The summed E-state index contributed by atoms with van der Waals surface area (Å²) < 4.78 is 0. The summed E-state index contributed by atoms with van der Waals surface area (Å²) in [5, 5.41) is 0. The average Bonchev–Trinajstić information content (AvgIpc) is 3.30. The molecule has 1 aromatic rings. The van der Waals surface area contributed by atoms with Gasteiger partial charge in [-0.25, -0.2) is 0 Å². The maximum atomic E-state index is 12.6. The van der Waals surface area contributed by atoms with Crippen LogP contribution in [-0.4, -0.2) is 39.6 Å². The minimum atomic E-state index is -0.116. The summed E-state index contributed by atoms with van der Waals surface area (Å²) >= 11 is 0. The smallest absolute Gasteiger partial charge is 0.254 e. The van der Waals surface area contributed by atoms with Crippen molar-refractivity contribution in [2.24, 2.45) is 0 Å². The van der Waals surface area contributed by atoms with Crippen LogP contribution in [0.2, 0.25) is 0 Å². The Bertz CT molecular complexity index is 614. The monoisotopic (exact) mass is 314 g/mol. The second-order valence-corrected chi connectivity index (χ2v) is 6.61. The lowest BCUT2D eigenvalue weighted by Crippen LogP contribution is -2.38. The van der Waals surface area contributed by atoms with Crippen LogP contribution in [0.3, 0.4) is 0 Å². The van der Waals surface area contributed by atoms with E-state index in [1.165, 1.54) is 4.90 Å². The van der Waals surface area contributed by atoms with E-state index in [2.05, 4.69) is 0 Å². The molecule has 0 radical (unpaired) electrons. The van der Waals surface area contributed by atoms with Gasteiger partial charge in [-0.2, -0.15) is 0 Å². The molecule has 3 rings (SSSR count). The number of rotatable bonds is 5. The highest BCUT2D eigenvalue weighted by molar-refractivity contribution is 6.01. The van der Waals surface area contributed by atoms with Crippen molar-refractivity contribution < 1.29 is 14.4 Å². The molecule has 3 amide bonds. The molecule has 0 atom stereocenters. The zero-order valence-electron chi connectivity index (χ0n) is 13.6. The number of imide groups is 1. The predicted molar refractivity (Wildman–Crippen MR) is 85.6 cm³/mol. The summed E-state index contributed by atoms with van der Waals surface area (Å²) in [6.45, 7) is 4.37. The lowest BCUT2D eigenvalue weighted by molar-refractivity contribution is -0.139. The number of carbonyl (C=O) groups excluding carboxylic acids is 3. The molecule has 0 aromatic heterocycles. The van der Waals surface area contributed by atoms with Crippen LogP contribution in [0.1, 0.15) is 55.5 Å². The van der Waals surface area contributed by atoms with E-state index in [-0.39, 0.29) is 23.8 Å². The van der Waals surface area contributed by atoms with Gasteiger partial charge in [-0.15, -0.1) is 0 Å². The van der Waals surface area contributed by atoms with Crippen LogP contribution in [0.15, 0.2) is 24.3 Å². The zero-order valence-corrected chi connectivity index (χ0v) is 13.6. The van der Waals surface area contributed by atoms with Crippen LogP contribution in [0, 0.1) is 0 Å². The quantitative estimate of drug-likeness (QED) is 0.784. The maximum Gasteiger partial charge on any atom is 0.254 e. The largest absolute Gasteiger partial charge is 0.333 e. The standard InChI is InChI=1S/C18H22N2O3/c1-12(2)20(15-7-8-15)18(23)14-5-3-13(4-6-14)11-19-16(21)9-10-17(19)22/h3-6,12,15H,7-11H2,1-2H3. The fourth-order valence-corrected chi connectivity index (χ4v) is 3.06. The number of hydrogen-bond acceptors (Lipinski definition) is 3. The SMILES string of the molecule is CC(C)N(C(=O)c1ccc(CN2C(=O)CCC2=O)cc1)C1CC1. The third kappa shape index (κ3) is 3.28. The normalized spacial score (nSPS) is 18.0. The fourth-order valence-electron chi connectivity index (χ4n) is 3.06. The van der Waals surface area contributed by atoms with E-state index in [0.717, 1.165) is 18.4 Å². The van der Waals surface area contributed by atoms with Crippen molar-refractivity contribution in [1.82, 2.24) is 9.80 Å². The minimum absolute atomic E-state index is 0.0578. The highest BCUT2D eigenvalue weighted by Gasteiger charge is 2.34. The van der Waals surface area contributed by atoms with E-state index in [9.17, 15) is 14.4 Å². The van der Waals surface area contributed by atoms with Gasteiger partial charge in [0.2, 0.25) is 11.8 Å². The minimum Gasteiger partial charge on any atom is -0.333 e. The van der Waals surface area contributed by atoms with Gasteiger partial charge in [-0.3, -0.25) is 19.3 Å². The lowest BCUT2D eigenvalue weighted by Gasteiger charge is -2.26. The molecule has 1 saturated carbocycles. The first-order valence-electron chi connectivity index (χ1n) is 8.22. The number of nitrogens with zero attached hydrogens (tertiary/aromatic N) is 2. The van der Waals surface area contributed by atoms with Gasteiger partial charge in [-0.1, -0.05) is 12.1 Å². The van der Waals surface area contributed by atoms with Crippen molar-refractivity contribution in [3.8, 4) is 0 Å². The lowest BCUT2D eigenvalue weighted by atomic mass is 10.1.